The fraction of sp³-hybridized carbons (Fsp3) is 0.750. The van der Waals surface area contributed by atoms with Crippen LogP contribution in [0.4, 0.5) is 0 Å². The van der Waals surface area contributed by atoms with Crippen molar-refractivity contribution in [3.05, 3.63) is 6.42 Å². The third-order valence-corrected chi connectivity index (χ3v) is 1.57. The van der Waals surface area contributed by atoms with Crippen LogP contribution in [0, 0.1) is 12.3 Å². The van der Waals surface area contributed by atoms with Gasteiger partial charge in [-0.25, -0.2) is 0 Å². The Morgan fingerprint density at radius 1 is 1.67 bits per heavy atom. The van der Waals surface area contributed by atoms with Crippen molar-refractivity contribution in [3.8, 4) is 0 Å². The van der Waals surface area contributed by atoms with E-state index in [1.165, 1.54) is 0 Å². The molecule has 0 fully saturated rings. The second-order valence-electron chi connectivity index (χ2n) is 2.39. The topological polar surface area (TPSA) is 17.1 Å². The van der Waals surface area contributed by atoms with Crippen LogP contribution in [0.2, 0.25) is 0 Å². The van der Waals surface area contributed by atoms with Crippen molar-refractivity contribution < 1.29 is 4.79 Å². The zero-order chi connectivity index (χ0) is 7.28. The van der Waals surface area contributed by atoms with E-state index in [-0.39, 0.29) is 5.92 Å². The molecular weight excluding hydrogens is 112 g/mol. The summed E-state index contributed by atoms with van der Waals surface area (Å²) in [6.07, 6.45) is 3.51. The maximum atomic E-state index is 10.9. The fourth-order valence-electron chi connectivity index (χ4n) is 0.630. The molecule has 0 N–H and O–H groups in total. The van der Waals surface area contributed by atoms with E-state index < -0.39 is 0 Å². The Morgan fingerprint density at radius 2 is 2.22 bits per heavy atom. The van der Waals surface area contributed by atoms with E-state index in [1.54, 1.807) is 0 Å². The molecule has 0 amide bonds. The second-order valence-corrected chi connectivity index (χ2v) is 2.39. The maximum Gasteiger partial charge on any atom is 0.135 e. The number of carbonyl (C=O) groups is 1. The molecule has 0 aliphatic heterocycles. The largest absolute Gasteiger partial charge is 0.299 e. The molecule has 0 aromatic heterocycles. The number of hydrogen-bond donors (Lipinski definition) is 0. The summed E-state index contributed by atoms with van der Waals surface area (Å²) in [5.74, 6) is 0.612. The summed E-state index contributed by atoms with van der Waals surface area (Å²) in [4.78, 5) is 10.9. The minimum atomic E-state index is 0.251. The molecule has 1 unspecified atom stereocenters. The molecule has 0 aliphatic carbocycles. The molecule has 1 nitrogen and oxygen atoms in total. The van der Waals surface area contributed by atoms with Crippen LogP contribution in [0.15, 0.2) is 0 Å². The zero-order valence-electron chi connectivity index (χ0n) is 6.48. The van der Waals surface area contributed by atoms with E-state index in [9.17, 15) is 4.79 Å². The first kappa shape index (κ1) is 8.67. The highest BCUT2D eigenvalue weighted by Crippen LogP contribution is 2.05. The summed E-state index contributed by atoms with van der Waals surface area (Å²) in [5.41, 5.74) is 0. The van der Waals surface area contributed by atoms with Crippen LogP contribution in [-0.4, -0.2) is 5.78 Å². The van der Waals surface area contributed by atoms with Gasteiger partial charge in [0.05, 0.1) is 0 Å². The van der Waals surface area contributed by atoms with Gasteiger partial charge in [0.2, 0.25) is 0 Å². The first-order valence-electron chi connectivity index (χ1n) is 3.52. The van der Waals surface area contributed by atoms with Crippen molar-refractivity contribution in [2.45, 2.75) is 33.6 Å². The van der Waals surface area contributed by atoms with Crippen LogP contribution in [0.3, 0.4) is 0 Å². The molecule has 0 heterocycles. The molecule has 9 heavy (non-hydrogen) atoms. The van der Waals surface area contributed by atoms with E-state index >= 15 is 0 Å². The van der Waals surface area contributed by atoms with Gasteiger partial charge in [-0.3, -0.25) is 4.79 Å². The third-order valence-electron chi connectivity index (χ3n) is 1.57. The summed E-state index contributed by atoms with van der Waals surface area (Å²) in [7, 11) is 0. The van der Waals surface area contributed by atoms with Gasteiger partial charge in [0.15, 0.2) is 0 Å². The van der Waals surface area contributed by atoms with Crippen LogP contribution in [0.5, 0.6) is 0 Å². The molecule has 1 heteroatoms. The van der Waals surface area contributed by atoms with Crippen molar-refractivity contribution in [1.82, 2.24) is 0 Å². The van der Waals surface area contributed by atoms with E-state index in [0.29, 0.717) is 12.2 Å². The Bertz CT molecular complexity index is 86.6. The molecule has 0 saturated carbocycles. The Morgan fingerprint density at radius 3 is 2.56 bits per heavy atom. The fourth-order valence-corrected chi connectivity index (χ4v) is 0.630. The molecule has 1 atom stereocenters. The van der Waals surface area contributed by atoms with E-state index in [0.717, 1.165) is 6.42 Å². The Labute approximate surface area is 57.5 Å². The molecule has 0 aliphatic rings. The van der Waals surface area contributed by atoms with Crippen LogP contribution >= 0.6 is 0 Å². The highest BCUT2D eigenvalue weighted by molar-refractivity contribution is 5.81. The summed E-state index contributed by atoms with van der Waals surface area (Å²) in [6, 6.07) is 0. The lowest BCUT2D eigenvalue weighted by atomic mass is 10.0. The number of ketones is 1. The van der Waals surface area contributed by atoms with Gasteiger partial charge < -0.3 is 0 Å². The normalized spacial score (nSPS) is 13.2. The zero-order valence-corrected chi connectivity index (χ0v) is 6.48. The first-order valence-corrected chi connectivity index (χ1v) is 3.52. The minimum Gasteiger partial charge on any atom is -0.299 e. The summed E-state index contributed by atoms with van der Waals surface area (Å²) < 4.78 is 0. The lowest BCUT2D eigenvalue weighted by molar-refractivity contribution is -0.121. The average molecular weight is 127 g/mol. The van der Waals surface area contributed by atoms with E-state index in [4.69, 9.17) is 0 Å². The van der Waals surface area contributed by atoms with Crippen molar-refractivity contribution in [3.63, 3.8) is 0 Å². The number of Topliss-reactive ketones (excluding diaryl/α,β-unsaturated/α-hetero) is 1. The highest BCUT2D eigenvalue weighted by atomic mass is 16.1. The Kier molecular flexibility index (Phi) is 4.37. The van der Waals surface area contributed by atoms with Gasteiger partial charge in [0, 0.05) is 12.3 Å². The predicted molar refractivity (Wildman–Crippen MR) is 39.1 cm³/mol. The molecule has 0 rings (SSSR count). The minimum absolute atomic E-state index is 0.251. The molecule has 0 saturated heterocycles. The lowest BCUT2D eigenvalue weighted by Gasteiger charge is -2.03. The van der Waals surface area contributed by atoms with Crippen molar-refractivity contribution in [2.24, 2.45) is 5.92 Å². The molecule has 0 spiro atoms. The van der Waals surface area contributed by atoms with Crippen LogP contribution < -0.4 is 0 Å². The lowest BCUT2D eigenvalue weighted by Crippen LogP contribution is -2.08. The molecule has 0 bridgehead atoms. The molecular formula is C8H15O. The number of carbonyl (C=O) groups excluding carboxylic acids is 1. The average Bonchev–Trinajstić information content (AvgIpc) is 1.87. The van der Waals surface area contributed by atoms with Gasteiger partial charge in [0.1, 0.15) is 5.78 Å². The highest BCUT2D eigenvalue weighted by Gasteiger charge is 2.07. The monoisotopic (exact) mass is 127 g/mol. The molecule has 0 aromatic rings. The standard InChI is InChI=1S/C8H15O/c1-4-6-8(9)7(3)5-2/h4,7H,5-6H2,1-3H3. The smallest absolute Gasteiger partial charge is 0.135 e. The van der Waals surface area contributed by atoms with Gasteiger partial charge in [-0.1, -0.05) is 20.8 Å². The van der Waals surface area contributed by atoms with Gasteiger partial charge >= 0.3 is 0 Å². The van der Waals surface area contributed by atoms with Gasteiger partial charge in [0.25, 0.3) is 0 Å². The van der Waals surface area contributed by atoms with Crippen molar-refractivity contribution in [2.75, 3.05) is 0 Å². The van der Waals surface area contributed by atoms with E-state index in [1.807, 2.05) is 27.2 Å². The second kappa shape index (κ2) is 4.54. The maximum absolute atomic E-state index is 10.9. The molecule has 53 valence electrons. The third kappa shape index (κ3) is 3.28. The number of rotatable bonds is 4. The van der Waals surface area contributed by atoms with Gasteiger partial charge in [-0.05, 0) is 12.8 Å². The summed E-state index contributed by atoms with van der Waals surface area (Å²) in [5, 5.41) is 0. The van der Waals surface area contributed by atoms with Crippen molar-refractivity contribution in [1.29, 1.82) is 0 Å². The van der Waals surface area contributed by atoms with Crippen molar-refractivity contribution >= 4 is 5.78 Å². The Hall–Kier alpha value is -0.330. The SMILES string of the molecule is C[CH]CC(=O)C(C)CC. The quantitative estimate of drug-likeness (QED) is 0.566. The van der Waals surface area contributed by atoms with Crippen LogP contribution in [0.1, 0.15) is 33.6 Å². The first-order chi connectivity index (χ1) is 4.22. The number of hydrogen-bond acceptors (Lipinski definition) is 1. The molecule has 1 radical (unpaired) electrons. The predicted octanol–water partition coefficient (Wildman–Crippen LogP) is 2.22. The Balaban J connectivity index is 3.46. The van der Waals surface area contributed by atoms with E-state index in [2.05, 4.69) is 0 Å². The van der Waals surface area contributed by atoms with Crippen LogP contribution in [-0.2, 0) is 4.79 Å². The van der Waals surface area contributed by atoms with Gasteiger partial charge in [-0.2, -0.15) is 0 Å². The summed E-state index contributed by atoms with van der Waals surface area (Å²) >= 11 is 0. The van der Waals surface area contributed by atoms with Gasteiger partial charge in [-0.15, -0.1) is 0 Å². The summed E-state index contributed by atoms with van der Waals surface area (Å²) in [6.45, 7) is 5.93. The van der Waals surface area contributed by atoms with Crippen LogP contribution in [0.25, 0.3) is 0 Å². The molecule has 0 aromatic carbocycles.